The van der Waals surface area contributed by atoms with Crippen LogP contribution in [0, 0.1) is 23.7 Å². The Labute approximate surface area is 105 Å². The maximum Gasteiger partial charge on any atom is 0.0677 e. The van der Waals surface area contributed by atoms with Crippen LogP contribution in [0.1, 0.15) is 53.4 Å². The maximum absolute atomic E-state index is 6.59. The van der Waals surface area contributed by atoms with E-state index in [9.17, 15) is 0 Å². The average molecular weight is 237 g/mol. The summed E-state index contributed by atoms with van der Waals surface area (Å²) in [6.07, 6.45) is 5.42. The topological polar surface area (TPSA) is 35.2 Å². The van der Waals surface area contributed by atoms with Crippen molar-refractivity contribution in [2.75, 3.05) is 0 Å². The predicted octanol–water partition coefficient (Wildman–Crippen LogP) is 2.95. The number of hydrogen-bond donors (Lipinski definition) is 1. The van der Waals surface area contributed by atoms with E-state index in [0.29, 0.717) is 12.0 Å². The molecule has 2 saturated carbocycles. The molecule has 2 heteroatoms. The Kier molecular flexibility index (Phi) is 2.45. The summed E-state index contributed by atoms with van der Waals surface area (Å²) in [5.41, 5.74) is 6.56. The highest BCUT2D eigenvalue weighted by Gasteiger charge is 2.60. The number of fused-ring (bicyclic) bond motifs is 1. The van der Waals surface area contributed by atoms with E-state index in [0.717, 1.165) is 24.2 Å². The van der Waals surface area contributed by atoms with Gasteiger partial charge in [0.1, 0.15) is 0 Å². The molecule has 1 saturated heterocycles. The molecule has 3 rings (SSSR count). The van der Waals surface area contributed by atoms with Gasteiger partial charge in [-0.2, -0.15) is 0 Å². The second kappa shape index (κ2) is 3.48. The first kappa shape index (κ1) is 12.0. The van der Waals surface area contributed by atoms with Crippen molar-refractivity contribution < 1.29 is 4.74 Å². The fourth-order valence-electron chi connectivity index (χ4n) is 4.92. The van der Waals surface area contributed by atoms with Crippen LogP contribution in [0.5, 0.6) is 0 Å². The highest BCUT2D eigenvalue weighted by molar-refractivity contribution is 5.10. The Bertz CT molecular complexity index is 313. The smallest absolute Gasteiger partial charge is 0.0677 e. The van der Waals surface area contributed by atoms with Crippen LogP contribution < -0.4 is 5.73 Å². The molecule has 1 aliphatic heterocycles. The largest absolute Gasteiger partial charge is 0.369 e. The molecule has 0 spiro atoms. The lowest BCUT2D eigenvalue weighted by Gasteiger charge is -2.31. The van der Waals surface area contributed by atoms with Crippen molar-refractivity contribution in [3.8, 4) is 0 Å². The third kappa shape index (κ3) is 1.84. The van der Waals surface area contributed by atoms with Crippen LogP contribution in [0.3, 0.4) is 0 Å². The van der Waals surface area contributed by atoms with Crippen LogP contribution in [-0.4, -0.2) is 17.2 Å². The minimum atomic E-state index is -0.0419. The minimum Gasteiger partial charge on any atom is -0.369 e. The normalized spacial score (nSPS) is 47.8. The van der Waals surface area contributed by atoms with Gasteiger partial charge in [-0.25, -0.2) is 0 Å². The molecule has 3 aliphatic rings. The van der Waals surface area contributed by atoms with Crippen molar-refractivity contribution >= 4 is 0 Å². The van der Waals surface area contributed by atoms with Crippen LogP contribution >= 0.6 is 0 Å². The zero-order valence-electron chi connectivity index (χ0n) is 11.7. The lowest BCUT2D eigenvalue weighted by atomic mass is 9.79. The van der Waals surface area contributed by atoms with E-state index in [1.165, 1.54) is 19.3 Å². The summed E-state index contributed by atoms with van der Waals surface area (Å²) < 4.78 is 6.19. The van der Waals surface area contributed by atoms with Crippen LogP contribution in [0.15, 0.2) is 0 Å². The van der Waals surface area contributed by atoms with Gasteiger partial charge in [-0.15, -0.1) is 0 Å². The average Bonchev–Trinajstić information content (AvgIpc) is 2.56. The summed E-state index contributed by atoms with van der Waals surface area (Å²) in [6, 6.07) is 0.363. The molecule has 4 atom stereocenters. The van der Waals surface area contributed by atoms with Crippen molar-refractivity contribution in [1.29, 1.82) is 0 Å². The minimum absolute atomic E-state index is 0.00971. The van der Waals surface area contributed by atoms with E-state index in [1.807, 2.05) is 0 Å². The van der Waals surface area contributed by atoms with Gasteiger partial charge in [0.25, 0.3) is 0 Å². The quantitative estimate of drug-likeness (QED) is 0.801. The second-order valence-corrected chi connectivity index (χ2v) is 7.69. The van der Waals surface area contributed by atoms with E-state index in [4.69, 9.17) is 10.5 Å². The molecule has 0 aromatic carbocycles. The van der Waals surface area contributed by atoms with E-state index in [1.54, 1.807) is 0 Å². The molecular formula is C15H27NO. The molecule has 0 aromatic rings. The highest BCUT2D eigenvalue weighted by atomic mass is 16.5. The molecule has 2 nitrogen and oxygen atoms in total. The van der Waals surface area contributed by atoms with Gasteiger partial charge in [0, 0.05) is 12.0 Å². The molecule has 0 amide bonds. The molecule has 2 aliphatic carbocycles. The second-order valence-electron chi connectivity index (χ2n) is 7.69. The number of nitrogens with two attached hydrogens (primary N) is 1. The summed E-state index contributed by atoms with van der Waals surface area (Å²) in [5, 5.41) is 0. The molecule has 3 fully saturated rings. The molecule has 0 bridgehead atoms. The Balaban J connectivity index is 1.72. The third-order valence-electron chi connectivity index (χ3n) is 5.53. The van der Waals surface area contributed by atoms with Crippen LogP contribution in [0.4, 0.5) is 0 Å². The van der Waals surface area contributed by atoms with E-state index >= 15 is 0 Å². The molecule has 0 aromatic heterocycles. The summed E-state index contributed by atoms with van der Waals surface area (Å²) in [6.45, 7) is 8.86. The van der Waals surface area contributed by atoms with E-state index < -0.39 is 0 Å². The summed E-state index contributed by atoms with van der Waals surface area (Å²) in [7, 11) is 0. The van der Waals surface area contributed by atoms with Gasteiger partial charge < -0.3 is 10.5 Å². The summed E-state index contributed by atoms with van der Waals surface area (Å²) in [5.74, 6) is 3.27. The first-order valence-electron chi connectivity index (χ1n) is 7.28. The molecular weight excluding hydrogens is 210 g/mol. The van der Waals surface area contributed by atoms with Crippen molar-refractivity contribution in [3.05, 3.63) is 0 Å². The van der Waals surface area contributed by atoms with Gasteiger partial charge >= 0.3 is 0 Å². The molecule has 98 valence electrons. The first-order chi connectivity index (χ1) is 7.82. The van der Waals surface area contributed by atoms with E-state index in [2.05, 4.69) is 27.7 Å². The first-order valence-corrected chi connectivity index (χ1v) is 7.28. The monoisotopic (exact) mass is 237 g/mol. The lowest BCUT2D eigenvalue weighted by Crippen LogP contribution is -2.43. The third-order valence-corrected chi connectivity index (χ3v) is 5.53. The van der Waals surface area contributed by atoms with Crippen molar-refractivity contribution in [2.45, 2.75) is 70.6 Å². The van der Waals surface area contributed by atoms with Crippen LogP contribution in [0.25, 0.3) is 0 Å². The molecule has 1 heterocycles. The van der Waals surface area contributed by atoms with Crippen molar-refractivity contribution in [2.24, 2.45) is 29.4 Å². The Morgan fingerprint density at radius 1 is 1.12 bits per heavy atom. The van der Waals surface area contributed by atoms with Crippen LogP contribution in [0.2, 0.25) is 0 Å². The molecule has 0 radical (unpaired) electrons. The Hall–Kier alpha value is -0.0800. The fraction of sp³-hybridized carbons (Fsp3) is 1.00. The van der Waals surface area contributed by atoms with Crippen molar-refractivity contribution in [1.82, 2.24) is 0 Å². The fourth-order valence-corrected chi connectivity index (χ4v) is 4.92. The van der Waals surface area contributed by atoms with Gasteiger partial charge in [0.05, 0.1) is 11.2 Å². The molecule has 4 unspecified atom stereocenters. The van der Waals surface area contributed by atoms with Gasteiger partial charge in [-0.05, 0) is 64.7 Å². The van der Waals surface area contributed by atoms with Gasteiger partial charge in [-0.1, -0.05) is 6.42 Å². The predicted molar refractivity (Wildman–Crippen MR) is 69.6 cm³/mol. The zero-order valence-corrected chi connectivity index (χ0v) is 11.7. The number of hydrogen-bond acceptors (Lipinski definition) is 2. The summed E-state index contributed by atoms with van der Waals surface area (Å²) >= 11 is 0. The van der Waals surface area contributed by atoms with Gasteiger partial charge in [-0.3, -0.25) is 0 Å². The van der Waals surface area contributed by atoms with Gasteiger partial charge in [0.2, 0.25) is 0 Å². The number of ether oxygens (including phenoxy) is 1. The van der Waals surface area contributed by atoms with E-state index in [-0.39, 0.29) is 11.2 Å². The Morgan fingerprint density at radius 2 is 1.71 bits per heavy atom. The number of rotatable bonds is 2. The highest BCUT2D eigenvalue weighted by Crippen LogP contribution is 2.61. The van der Waals surface area contributed by atoms with Crippen molar-refractivity contribution in [3.63, 3.8) is 0 Å². The van der Waals surface area contributed by atoms with Crippen LogP contribution in [-0.2, 0) is 4.74 Å². The van der Waals surface area contributed by atoms with Gasteiger partial charge in [0.15, 0.2) is 0 Å². The standard InChI is InChI=1S/C15H27NO/c1-14(2)8-11(15(3,4)17-14)13(16)12-9-6-5-7-10(9)12/h9-13H,5-8,16H2,1-4H3. The molecule has 17 heavy (non-hydrogen) atoms. The lowest BCUT2D eigenvalue weighted by molar-refractivity contribution is -0.0774. The Morgan fingerprint density at radius 3 is 2.18 bits per heavy atom. The maximum atomic E-state index is 6.59. The molecule has 2 N–H and O–H groups in total. The summed E-state index contributed by atoms with van der Waals surface area (Å²) in [4.78, 5) is 0. The SMILES string of the molecule is CC1(C)CC(C(N)C2C3CCCC32)C(C)(C)O1. The zero-order chi connectivity index (χ0) is 12.4.